The van der Waals surface area contributed by atoms with E-state index in [0.29, 0.717) is 15.9 Å². The van der Waals surface area contributed by atoms with Gasteiger partial charge in [-0.15, -0.1) is 11.3 Å². The molecule has 2 aromatic heterocycles. The van der Waals surface area contributed by atoms with Gasteiger partial charge in [0.25, 0.3) is 5.56 Å². The van der Waals surface area contributed by atoms with Crippen LogP contribution in [0.25, 0.3) is 15.9 Å². The Balaban J connectivity index is 1.92. The summed E-state index contributed by atoms with van der Waals surface area (Å²) >= 11 is 1.38. The van der Waals surface area contributed by atoms with Gasteiger partial charge in [-0.25, -0.2) is 9.36 Å². The van der Waals surface area contributed by atoms with Crippen molar-refractivity contribution >= 4 is 21.6 Å². The number of aromatic nitrogens is 2. The van der Waals surface area contributed by atoms with Crippen molar-refractivity contribution in [3.63, 3.8) is 0 Å². The number of aryl methyl sites for hydroxylation is 1. The quantitative estimate of drug-likeness (QED) is 0.559. The topological polar surface area (TPSA) is 53.2 Å². The highest BCUT2D eigenvalue weighted by Gasteiger charge is 2.18. The maximum Gasteiger partial charge on any atom is 0.370 e. The van der Waals surface area contributed by atoms with Crippen LogP contribution >= 0.6 is 11.3 Å². The molecule has 0 saturated carbocycles. The second-order valence-electron chi connectivity index (χ2n) is 5.91. The number of hydrogen-bond donors (Lipinski definition) is 0. The minimum absolute atomic E-state index is 0.138. The van der Waals surface area contributed by atoms with E-state index in [1.165, 1.54) is 15.9 Å². The van der Waals surface area contributed by atoms with Gasteiger partial charge in [0.15, 0.2) is 0 Å². The number of fused-ring (bicyclic) bond motifs is 1. The highest BCUT2D eigenvalue weighted by Crippen LogP contribution is 2.23. The number of para-hydroxylation sites is 1. The smallest absolute Gasteiger partial charge is 0.370 e. The number of rotatable bonds is 4. The first kappa shape index (κ1) is 16.4. The molecular weight excluding hydrogens is 348 g/mol. The predicted molar refractivity (Wildman–Crippen MR) is 103 cm³/mol. The van der Waals surface area contributed by atoms with E-state index in [1.54, 1.807) is 0 Å². The molecule has 4 rings (SSSR count). The molecule has 0 aliphatic heterocycles. The molecule has 0 saturated heterocycles. The summed E-state index contributed by atoms with van der Waals surface area (Å²) in [6.07, 6.45) is 0. The Kier molecular flexibility index (Phi) is 4.18. The van der Waals surface area contributed by atoms with Crippen LogP contribution in [-0.4, -0.2) is 9.30 Å². The molecular formula is C20H16N2O3S. The van der Waals surface area contributed by atoms with Gasteiger partial charge in [0, 0.05) is 0 Å². The molecule has 2 heterocycles. The Labute approximate surface area is 153 Å². The number of nitrogens with zero attached hydrogens (tertiary/aromatic N) is 2. The lowest BCUT2D eigenvalue weighted by atomic mass is 10.2. The summed E-state index contributed by atoms with van der Waals surface area (Å²) in [5, 5.41) is 2.39. The third kappa shape index (κ3) is 2.74. The second-order valence-corrected chi connectivity index (χ2v) is 6.77. The molecule has 0 aliphatic carbocycles. The molecule has 130 valence electrons. The van der Waals surface area contributed by atoms with Gasteiger partial charge in [-0.2, -0.15) is 0 Å². The Bertz CT molecular complexity index is 1170. The normalized spacial score (nSPS) is 11.0. The van der Waals surface area contributed by atoms with Crippen LogP contribution in [0, 0.1) is 6.92 Å². The van der Waals surface area contributed by atoms with Gasteiger partial charge in [-0.3, -0.25) is 4.79 Å². The molecule has 26 heavy (non-hydrogen) atoms. The van der Waals surface area contributed by atoms with Crippen LogP contribution in [0.15, 0.2) is 75.6 Å². The summed E-state index contributed by atoms with van der Waals surface area (Å²) in [6.45, 7) is 2.00. The van der Waals surface area contributed by atoms with Crippen molar-refractivity contribution in [2.45, 2.75) is 13.5 Å². The molecule has 0 unspecified atom stereocenters. The van der Waals surface area contributed by atoms with Crippen molar-refractivity contribution in [1.82, 2.24) is 9.30 Å². The van der Waals surface area contributed by atoms with Gasteiger partial charge in [0.05, 0.1) is 11.1 Å². The zero-order valence-corrected chi connectivity index (χ0v) is 14.9. The zero-order valence-electron chi connectivity index (χ0n) is 14.1. The fourth-order valence-corrected chi connectivity index (χ4v) is 3.91. The van der Waals surface area contributed by atoms with Crippen LogP contribution in [0.1, 0.15) is 11.1 Å². The lowest BCUT2D eigenvalue weighted by Gasteiger charge is -2.13. The van der Waals surface area contributed by atoms with Crippen molar-refractivity contribution in [1.29, 1.82) is 0 Å². The molecule has 5 nitrogen and oxygen atoms in total. The summed E-state index contributed by atoms with van der Waals surface area (Å²) in [6, 6.07) is 18.7. The summed E-state index contributed by atoms with van der Waals surface area (Å²) in [5.41, 5.74) is 1.48. The first-order valence-electron chi connectivity index (χ1n) is 8.15. The number of thiophene rings is 1. The average Bonchev–Trinajstić information content (AvgIpc) is 3.05. The highest BCUT2D eigenvalue weighted by atomic mass is 32.1. The first-order valence-corrected chi connectivity index (χ1v) is 9.03. The minimum atomic E-state index is -0.508. The van der Waals surface area contributed by atoms with Gasteiger partial charge in [0.2, 0.25) is 0 Å². The third-order valence-corrected chi connectivity index (χ3v) is 5.22. The summed E-state index contributed by atoms with van der Waals surface area (Å²) in [4.78, 5) is 32.2. The van der Waals surface area contributed by atoms with E-state index in [-0.39, 0.29) is 6.61 Å². The Morgan fingerprint density at radius 3 is 2.31 bits per heavy atom. The van der Waals surface area contributed by atoms with E-state index >= 15 is 0 Å². The molecule has 0 atom stereocenters. The molecule has 6 heteroatoms. The van der Waals surface area contributed by atoms with Gasteiger partial charge in [0.1, 0.15) is 11.4 Å². The lowest BCUT2D eigenvalue weighted by molar-refractivity contribution is 0.0790. The van der Waals surface area contributed by atoms with Crippen LogP contribution in [0.3, 0.4) is 0 Å². The summed E-state index contributed by atoms with van der Waals surface area (Å²) < 4.78 is 2.39. The fraction of sp³-hybridized carbons (Fsp3) is 0.100. The molecule has 2 aromatic carbocycles. The molecule has 0 spiro atoms. The number of benzene rings is 2. The zero-order chi connectivity index (χ0) is 18.1. The van der Waals surface area contributed by atoms with E-state index in [2.05, 4.69) is 0 Å². The van der Waals surface area contributed by atoms with Gasteiger partial charge in [-0.1, -0.05) is 53.3 Å². The minimum Gasteiger partial charge on any atom is -0.401 e. The SMILES string of the molecule is Cc1csc2c1c(=O)n(OCc1ccccc1)c(=O)n2-c1ccccc1. The predicted octanol–water partition coefficient (Wildman–Crippen LogP) is 3.15. The van der Waals surface area contributed by atoms with E-state index in [4.69, 9.17) is 4.84 Å². The Hall–Kier alpha value is -3.12. The maximum absolute atomic E-state index is 13.0. The van der Waals surface area contributed by atoms with Crippen molar-refractivity contribution < 1.29 is 4.84 Å². The van der Waals surface area contributed by atoms with Crippen LogP contribution in [0.2, 0.25) is 0 Å². The van der Waals surface area contributed by atoms with Crippen molar-refractivity contribution in [3.8, 4) is 5.69 Å². The molecule has 4 aromatic rings. The lowest BCUT2D eigenvalue weighted by Crippen LogP contribution is -2.43. The number of hydrogen-bond acceptors (Lipinski definition) is 4. The maximum atomic E-state index is 13.0. The molecule has 0 bridgehead atoms. The van der Waals surface area contributed by atoms with E-state index in [9.17, 15) is 9.59 Å². The van der Waals surface area contributed by atoms with Gasteiger partial charge in [-0.05, 0) is 35.6 Å². The Morgan fingerprint density at radius 2 is 1.62 bits per heavy atom. The van der Waals surface area contributed by atoms with E-state index in [0.717, 1.165) is 15.9 Å². The molecule has 0 aliphatic rings. The third-order valence-electron chi connectivity index (χ3n) is 4.14. The van der Waals surface area contributed by atoms with E-state index in [1.807, 2.05) is 73.0 Å². The van der Waals surface area contributed by atoms with Crippen LogP contribution in [0.5, 0.6) is 0 Å². The second kappa shape index (κ2) is 6.65. The van der Waals surface area contributed by atoms with Crippen molar-refractivity contribution in [3.05, 3.63) is 98.0 Å². The van der Waals surface area contributed by atoms with Gasteiger partial charge >= 0.3 is 5.69 Å². The van der Waals surface area contributed by atoms with E-state index < -0.39 is 11.2 Å². The monoisotopic (exact) mass is 364 g/mol. The molecule has 0 radical (unpaired) electrons. The summed E-state index contributed by atoms with van der Waals surface area (Å²) in [7, 11) is 0. The standard InChI is InChI=1S/C20H16N2O3S/c1-14-13-26-19-17(14)18(23)22(25-12-15-8-4-2-5-9-15)20(24)21(19)16-10-6-3-7-11-16/h2-11,13H,12H2,1H3. The first-order chi connectivity index (χ1) is 12.7. The molecule has 0 fully saturated rings. The van der Waals surface area contributed by atoms with Crippen LogP contribution in [-0.2, 0) is 6.61 Å². The van der Waals surface area contributed by atoms with Crippen LogP contribution in [0.4, 0.5) is 0 Å². The fourth-order valence-electron chi connectivity index (χ4n) is 2.85. The summed E-state index contributed by atoms with van der Waals surface area (Å²) in [5.74, 6) is 0. The highest BCUT2D eigenvalue weighted by molar-refractivity contribution is 7.17. The largest absolute Gasteiger partial charge is 0.401 e. The van der Waals surface area contributed by atoms with Crippen molar-refractivity contribution in [2.75, 3.05) is 0 Å². The molecule has 0 amide bonds. The van der Waals surface area contributed by atoms with Gasteiger partial charge < -0.3 is 4.84 Å². The van der Waals surface area contributed by atoms with Crippen LogP contribution < -0.4 is 16.1 Å². The average molecular weight is 364 g/mol. The molecule has 0 N–H and O–H groups in total. The van der Waals surface area contributed by atoms with Crippen molar-refractivity contribution in [2.24, 2.45) is 0 Å². The Morgan fingerprint density at radius 1 is 0.962 bits per heavy atom.